The molecule has 2 heterocycles. The average molecular weight is 248 g/mol. The van der Waals surface area contributed by atoms with Gasteiger partial charge in [0.1, 0.15) is 11.6 Å². The molecule has 0 unspecified atom stereocenters. The van der Waals surface area contributed by atoms with E-state index in [1.807, 2.05) is 24.7 Å². The molecule has 0 aliphatic heterocycles. The zero-order valence-electron chi connectivity index (χ0n) is 10.5. The van der Waals surface area contributed by atoms with Crippen LogP contribution in [-0.4, -0.2) is 27.2 Å². The van der Waals surface area contributed by atoms with Crippen LogP contribution < -0.4 is 5.32 Å². The van der Waals surface area contributed by atoms with Gasteiger partial charge in [0.15, 0.2) is 0 Å². The second-order valence-corrected chi connectivity index (χ2v) is 4.17. The van der Waals surface area contributed by atoms with Crippen LogP contribution in [0.1, 0.15) is 17.3 Å². The third-order valence-electron chi connectivity index (χ3n) is 2.60. The van der Waals surface area contributed by atoms with Gasteiger partial charge in [-0.25, -0.2) is 4.98 Å². The molecule has 0 spiro atoms. The van der Waals surface area contributed by atoms with E-state index in [1.54, 1.807) is 12.3 Å². The van der Waals surface area contributed by atoms with Gasteiger partial charge < -0.3 is 14.4 Å². The van der Waals surface area contributed by atoms with E-state index in [-0.39, 0.29) is 12.3 Å². The topological polar surface area (TPSA) is 73.0 Å². The predicted octanol–water partition coefficient (Wildman–Crippen LogP) is 0.618. The summed E-state index contributed by atoms with van der Waals surface area (Å²) >= 11 is 0. The fourth-order valence-electron chi connectivity index (χ4n) is 1.67. The fraction of sp³-hybridized carbons (Fsp3) is 0.417. The molecule has 2 rings (SSSR count). The lowest BCUT2D eigenvalue weighted by Crippen LogP contribution is -2.27. The average Bonchev–Trinajstić information content (AvgIpc) is 2.89. The molecule has 0 saturated carbocycles. The summed E-state index contributed by atoms with van der Waals surface area (Å²) in [6.45, 7) is 2.39. The molecule has 18 heavy (non-hydrogen) atoms. The Morgan fingerprint density at radius 3 is 3.00 bits per heavy atom. The maximum Gasteiger partial charge on any atom is 0.227 e. The molecule has 96 valence electrons. The highest BCUT2D eigenvalue weighted by Crippen LogP contribution is 2.02. The number of nitrogens with one attached hydrogen (secondary N) is 1. The number of aromatic nitrogens is 3. The molecule has 0 radical (unpaired) electrons. The summed E-state index contributed by atoms with van der Waals surface area (Å²) in [7, 11) is 1.93. The van der Waals surface area contributed by atoms with Gasteiger partial charge in [-0.1, -0.05) is 5.16 Å². The van der Waals surface area contributed by atoms with Gasteiger partial charge in [0.2, 0.25) is 5.91 Å². The number of carbonyl (C=O) groups is 1. The number of hydrogen-bond donors (Lipinski definition) is 1. The van der Waals surface area contributed by atoms with Crippen LogP contribution in [0, 0.1) is 6.92 Å². The third-order valence-corrected chi connectivity index (χ3v) is 2.60. The number of hydrogen-bond acceptors (Lipinski definition) is 4. The van der Waals surface area contributed by atoms with Crippen molar-refractivity contribution in [1.29, 1.82) is 0 Å². The highest BCUT2D eigenvalue weighted by atomic mass is 16.5. The zero-order chi connectivity index (χ0) is 13.0. The van der Waals surface area contributed by atoms with Crippen LogP contribution in [0.15, 0.2) is 23.0 Å². The Bertz CT molecular complexity index is 530. The van der Waals surface area contributed by atoms with Crippen molar-refractivity contribution < 1.29 is 9.32 Å². The molecule has 0 fully saturated rings. The second kappa shape index (κ2) is 5.48. The van der Waals surface area contributed by atoms with Gasteiger partial charge in [-0.3, -0.25) is 4.79 Å². The van der Waals surface area contributed by atoms with Gasteiger partial charge >= 0.3 is 0 Å². The van der Waals surface area contributed by atoms with Gasteiger partial charge in [0.05, 0.1) is 12.1 Å². The fourth-order valence-corrected chi connectivity index (χ4v) is 1.67. The minimum Gasteiger partial charge on any atom is -0.361 e. The van der Waals surface area contributed by atoms with Crippen molar-refractivity contribution in [2.45, 2.75) is 19.8 Å². The minimum absolute atomic E-state index is 0.0691. The van der Waals surface area contributed by atoms with E-state index >= 15 is 0 Å². The van der Waals surface area contributed by atoms with Crippen molar-refractivity contribution in [3.05, 3.63) is 35.7 Å². The number of carbonyl (C=O) groups excluding carboxylic acids is 1. The van der Waals surface area contributed by atoms with Crippen molar-refractivity contribution in [3.8, 4) is 0 Å². The van der Waals surface area contributed by atoms with Crippen molar-refractivity contribution >= 4 is 5.91 Å². The highest BCUT2D eigenvalue weighted by Gasteiger charge is 2.08. The zero-order valence-corrected chi connectivity index (χ0v) is 10.5. The van der Waals surface area contributed by atoms with Crippen LogP contribution in [0.5, 0.6) is 0 Å². The van der Waals surface area contributed by atoms with Gasteiger partial charge in [0, 0.05) is 38.5 Å². The molecule has 0 aromatic carbocycles. The summed E-state index contributed by atoms with van der Waals surface area (Å²) in [6.07, 6.45) is 4.56. The SMILES string of the molecule is Cc1cc(CC(=O)NCCc2nccn2C)on1. The summed E-state index contributed by atoms with van der Waals surface area (Å²) in [5, 5.41) is 6.56. The lowest BCUT2D eigenvalue weighted by Gasteiger charge is -2.04. The monoisotopic (exact) mass is 248 g/mol. The van der Waals surface area contributed by atoms with E-state index in [9.17, 15) is 4.79 Å². The van der Waals surface area contributed by atoms with E-state index in [4.69, 9.17) is 4.52 Å². The molecular formula is C12H16N4O2. The molecule has 2 aromatic rings. The predicted molar refractivity (Wildman–Crippen MR) is 64.9 cm³/mol. The quantitative estimate of drug-likeness (QED) is 0.841. The second-order valence-electron chi connectivity index (χ2n) is 4.17. The molecule has 6 heteroatoms. The van der Waals surface area contributed by atoms with E-state index < -0.39 is 0 Å². The van der Waals surface area contributed by atoms with Crippen LogP contribution in [0.25, 0.3) is 0 Å². The molecular weight excluding hydrogens is 232 g/mol. The van der Waals surface area contributed by atoms with Crippen molar-refractivity contribution in [1.82, 2.24) is 20.0 Å². The lowest BCUT2D eigenvalue weighted by molar-refractivity contribution is -0.120. The third kappa shape index (κ3) is 3.19. The summed E-state index contributed by atoms with van der Waals surface area (Å²) in [4.78, 5) is 15.8. The number of aryl methyl sites for hydroxylation is 2. The Morgan fingerprint density at radius 2 is 2.39 bits per heavy atom. The summed E-state index contributed by atoms with van der Waals surface area (Å²) in [5.74, 6) is 1.47. The smallest absolute Gasteiger partial charge is 0.227 e. The lowest BCUT2D eigenvalue weighted by atomic mass is 10.3. The number of rotatable bonds is 5. The maximum absolute atomic E-state index is 11.6. The van der Waals surface area contributed by atoms with Crippen LogP contribution in [0.3, 0.4) is 0 Å². The molecule has 1 N–H and O–H groups in total. The highest BCUT2D eigenvalue weighted by molar-refractivity contribution is 5.77. The summed E-state index contributed by atoms with van der Waals surface area (Å²) in [6, 6.07) is 1.76. The summed E-state index contributed by atoms with van der Waals surface area (Å²) in [5.41, 5.74) is 0.783. The number of nitrogens with zero attached hydrogens (tertiary/aromatic N) is 3. The number of imidazole rings is 1. The van der Waals surface area contributed by atoms with E-state index in [0.29, 0.717) is 18.7 Å². The first-order chi connectivity index (χ1) is 8.65. The van der Waals surface area contributed by atoms with Crippen LogP contribution in [0.2, 0.25) is 0 Å². The molecule has 0 aliphatic carbocycles. The van der Waals surface area contributed by atoms with E-state index in [2.05, 4.69) is 15.5 Å². The Kier molecular flexibility index (Phi) is 3.76. The number of amides is 1. The molecule has 0 saturated heterocycles. The first-order valence-electron chi connectivity index (χ1n) is 5.80. The molecule has 1 amide bonds. The first kappa shape index (κ1) is 12.3. The standard InChI is InChI=1S/C12H16N4O2/c1-9-7-10(18-15-9)8-12(17)14-4-3-11-13-5-6-16(11)2/h5-7H,3-4,8H2,1-2H3,(H,14,17). The summed E-state index contributed by atoms with van der Waals surface area (Å²) < 4.78 is 6.92. The van der Waals surface area contributed by atoms with E-state index in [1.165, 1.54) is 0 Å². The van der Waals surface area contributed by atoms with Crippen LogP contribution >= 0.6 is 0 Å². The van der Waals surface area contributed by atoms with Crippen molar-refractivity contribution in [2.24, 2.45) is 7.05 Å². The Hall–Kier alpha value is -2.11. The van der Waals surface area contributed by atoms with Gasteiger partial charge in [-0.2, -0.15) is 0 Å². The van der Waals surface area contributed by atoms with Gasteiger partial charge in [0.25, 0.3) is 0 Å². The molecule has 0 aliphatic rings. The van der Waals surface area contributed by atoms with E-state index in [0.717, 1.165) is 11.5 Å². The van der Waals surface area contributed by atoms with Crippen molar-refractivity contribution in [3.63, 3.8) is 0 Å². The molecule has 2 aromatic heterocycles. The maximum atomic E-state index is 11.6. The van der Waals surface area contributed by atoms with Gasteiger partial charge in [-0.05, 0) is 6.92 Å². The van der Waals surface area contributed by atoms with Crippen LogP contribution in [0.4, 0.5) is 0 Å². The Balaban J connectivity index is 1.74. The first-order valence-corrected chi connectivity index (χ1v) is 5.80. The Morgan fingerprint density at radius 1 is 1.56 bits per heavy atom. The van der Waals surface area contributed by atoms with Crippen molar-refractivity contribution in [2.75, 3.05) is 6.54 Å². The van der Waals surface area contributed by atoms with Gasteiger partial charge in [-0.15, -0.1) is 0 Å². The largest absolute Gasteiger partial charge is 0.361 e. The normalized spacial score (nSPS) is 10.6. The van der Waals surface area contributed by atoms with Crippen LogP contribution in [-0.2, 0) is 24.7 Å². The Labute approximate surface area is 105 Å². The molecule has 0 atom stereocenters. The molecule has 6 nitrogen and oxygen atoms in total. The molecule has 0 bridgehead atoms. The minimum atomic E-state index is -0.0691.